The van der Waals surface area contributed by atoms with Gasteiger partial charge in [0, 0.05) is 30.2 Å². The van der Waals surface area contributed by atoms with Crippen LogP contribution in [0.1, 0.15) is 42.8 Å². The van der Waals surface area contributed by atoms with Gasteiger partial charge < -0.3 is 10.1 Å². The molecule has 8 nitrogen and oxygen atoms in total. The largest absolute Gasteiger partial charge is 0.492 e. The van der Waals surface area contributed by atoms with Crippen molar-refractivity contribution in [1.29, 1.82) is 0 Å². The molecule has 0 unspecified atom stereocenters. The highest BCUT2D eigenvalue weighted by atomic mass is 19.1. The molecule has 6 rings (SSSR count). The number of fused-ring (bicyclic) bond motifs is 1. The Bertz CT molecular complexity index is 1490. The fraction of sp³-hybridized carbons (Fsp3) is 0.250. The Morgan fingerprint density at radius 1 is 1.11 bits per heavy atom. The zero-order valence-corrected chi connectivity index (χ0v) is 20.3. The quantitative estimate of drug-likeness (QED) is 0.411. The number of hydrogen-bond acceptors (Lipinski definition) is 6. The highest BCUT2D eigenvalue weighted by Crippen LogP contribution is 2.39. The highest BCUT2D eigenvalue weighted by molar-refractivity contribution is 6.00. The summed E-state index contributed by atoms with van der Waals surface area (Å²) in [5.41, 5.74) is 3.56. The number of nitrogens with zero attached hydrogens (tertiary/aromatic N) is 5. The van der Waals surface area contributed by atoms with E-state index in [-0.39, 0.29) is 23.7 Å². The summed E-state index contributed by atoms with van der Waals surface area (Å²) in [5, 5.41) is 12.0. The first-order valence-corrected chi connectivity index (χ1v) is 12.4. The van der Waals surface area contributed by atoms with Gasteiger partial charge in [0.25, 0.3) is 0 Å². The summed E-state index contributed by atoms with van der Waals surface area (Å²) in [6.45, 7) is 2.45. The summed E-state index contributed by atoms with van der Waals surface area (Å²) in [4.78, 5) is 21.7. The van der Waals surface area contributed by atoms with Gasteiger partial charge in [0.2, 0.25) is 5.91 Å². The average molecular weight is 497 g/mol. The number of benzene rings is 1. The lowest BCUT2D eigenvalue weighted by molar-refractivity contribution is -0.118. The van der Waals surface area contributed by atoms with E-state index in [1.54, 1.807) is 41.2 Å². The summed E-state index contributed by atoms with van der Waals surface area (Å²) in [6.07, 6.45) is 7.17. The molecule has 0 bridgehead atoms. The van der Waals surface area contributed by atoms with Gasteiger partial charge in [-0.25, -0.2) is 9.37 Å². The predicted molar refractivity (Wildman–Crippen MR) is 136 cm³/mol. The number of pyridine rings is 2. The molecule has 0 atom stereocenters. The Morgan fingerprint density at radius 2 is 1.97 bits per heavy atom. The van der Waals surface area contributed by atoms with E-state index >= 15 is 0 Å². The fourth-order valence-corrected chi connectivity index (χ4v) is 4.88. The van der Waals surface area contributed by atoms with Gasteiger partial charge in [0.1, 0.15) is 23.1 Å². The molecule has 2 aliphatic carbocycles. The molecule has 0 saturated heterocycles. The minimum Gasteiger partial charge on any atom is -0.492 e. The minimum absolute atomic E-state index is 0.00731. The Hall–Kier alpha value is -4.40. The van der Waals surface area contributed by atoms with Crippen molar-refractivity contribution >= 4 is 12.0 Å². The molecule has 1 fully saturated rings. The van der Waals surface area contributed by atoms with E-state index in [9.17, 15) is 9.18 Å². The fourth-order valence-electron chi connectivity index (χ4n) is 4.88. The molecular weight excluding hydrogens is 471 g/mol. The van der Waals surface area contributed by atoms with E-state index in [2.05, 4.69) is 25.5 Å². The van der Waals surface area contributed by atoms with Gasteiger partial charge in [-0.2, -0.15) is 0 Å². The molecule has 4 aromatic rings. The standard InChI is InChI=1S/C28H25FN6O2/c1-2-37-21-9-10-23(31-16-21)27-34-33-26(35(27)25-8-4-3-7-22(25)29)18-13-20(14-18)32-28(36)19-12-17-6-5-11-30-24(17)15-19/h3-11,15-16,18,20H,2,12-14H2,1H3,(H,32,36). The van der Waals surface area contributed by atoms with Crippen molar-refractivity contribution in [3.05, 3.63) is 89.4 Å². The molecule has 186 valence electrons. The van der Waals surface area contributed by atoms with E-state index in [0.717, 1.165) is 16.8 Å². The molecule has 0 spiro atoms. The molecule has 0 aliphatic heterocycles. The number of carbonyl (C=O) groups is 1. The predicted octanol–water partition coefficient (Wildman–Crippen LogP) is 4.26. The van der Waals surface area contributed by atoms with Crippen LogP contribution in [-0.2, 0) is 11.2 Å². The van der Waals surface area contributed by atoms with Gasteiger partial charge >= 0.3 is 0 Å². The monoisotopic (exact) mass is 496 g/mol. The van der Waals surface area contributed by atoms with Crippen LogP contribution in [0.4, 0.5) is 4.39 Å². The van der Waals surface area contributed by atoms with Crippen molar-refractivity contribution in [2.75, 3.05) is 6.61 Å². The molecule has 0 radical (unpaired) electrons. The molecule has 1 saturated carbocycles. The van der Waals surface area contributed by atoms with Crippen molar-refractivity contribution in [2.24, 2.45) is 0 Å². The number of hydrogen-bond donors (Lipinski definition) is 1. The van der Waals surface area contributed by atoms with E-state index in [1.165, 1.54) is 6.07 Å². The molecule has 1 amide bonds. The van der Waals surface area contributed by atoms with Crippen LogP contribution in [0.5, 0.6) is 5.75 Å². The van der Waals surface area contributed by atoms with Crippen LogP contribution in [0, 0.1) is 5.82 Å². The van der Waals surface area contributed by atoms with E-state index in [0.29, 0.717) is 54.6 Å². The number of para-hydroxylation sites is 1. The normalized spacial score (nSPS) is 18.1. The second kappa shape index (κ2) is 9.57. The van der Waals surface area contributed by atoms with Gasteiger partial charge in [-0.1, -0.05) is 18.2 Å². The van der Waals surface area contributed by atoms with Crippen molar-refractivity contribution in [3.8, 4) is 23.0 Å². The van der Waals surface area contributed by atoms with Crippen LogP contribution < -0.4 is 10.1 Å². The lowest BCUT2D eigenvalue weighted by atomic mass is 9.79. The average Bonchev–Trinajstić information content (AvgIpc) is 3.52. The van der Waals surface area contributed by atoms with Crippen LogP contribution >= 0.6 is 0 Å². The Kier molecular flexibility index (Phi) is 5.96. The molecule has 37 heavy (non-hydrogen) atoms. The summed E-state index contributed by atoms with van der Waals surface area (Å²) in [7, 11) is 0. The van der Waals surface area contributed by atoms with Crippen molar-refractivity contribution in [3.63, 3.8) is 0 Å². The second-order valence-electron chi connectivity index (χ2n) is 9.21. The SMILES string of the molecule is CCOc1ccc(-c2nnc(C3CC(NC(=O)C4=Cc5ncccc5C4)C3)n2-c2ccccc2F)nc1. The first-order chi connectivity index (χ1) is 18.1. The third-order valence-corrected chi connectivity index (χ3v) is 6.81. The molecule has 3 aromatic heterocycles. The van der Waals surface area contributed by atoms with E-state index in [4.69, 9.17) is 4.74 Å². The summed E-state index contributed by atoms with van der Waals surface area (Å²) >= 11 is 0. The number of nitrogens with one attached hydrogen (secondary N) is 1. The molecule has 3 heterocycles. The zero-order chi connectivity index (χ0) is 25.4. The Labute approximate surface area is 213 Å². The maximum atomic E-state index is 14.9. The van der Waals surface area contributed by atoms with Crippen LogP contribution in [-0.4, -0.2) is 43.3 Å². The molecule has 1 aromatic carbocycles. The number of ether oxygens (including phenoxy) is 1. The van der Waals surface area contributed by atoms with Crippen LogP contribution in [0.2, 0.25) is 0 Å². The van der Waals surface area contributed by atoms with Crippen molar-refractivity contribution in [1.82, 2.24) is 30.0 Å². The second-order valence-corrected chi connectivity index (χ2v) is 9.21. The lowest BCUT2D eigenvalue weighted by Crippen LogP contribution is -2.44. The Morgan fingerprint density at radius 3 is 2.73 bits per heavy atom. The van der Waals surface area contributed by atoms with Crippen LogP contribution in [0.15, 0.2) is 66.5 Å². The maximum absolute atomic E-state index is 14.9. The Balaban J connectivity index is 1.22. The first-order valence-electron chi connectivity index (χ1n) is 12.4. The third kappa shape index (κ3) is 4.37. The summed E-state index contributed by atoms with van der Waals surface area (Å²) in [5.74, 6) is 1.33. The van der Waals surface area contributed by atoms with Crippen molar-refractivity contribution < 1.29 is 13.9 Å². The molecule has 2 aliphatic rings. The number of halogens is 1. The van der Waals surface area contributed by atoms with Crippen molar-refractivity contribution in [2.45, 2.75) is 38.1 Å². The van der Waals surface area contributed by atoms with Crippen LogP contribution in [0.25, 0.3) is 23.3 Å². The third-order valence-electron chi connectivity index (χ3n) is 6.81. The number of carbonyl (C=O) groups excluding carboxylic acids is 1. The maximum Gasteiger partial charge on any atom is 0.247 e. The molecule has 1 N–H and O–H groups in total. The van der Waals surface area contributed by atoms with Gasteiger partial charge in [0.05, 0.1) is 24.2 Å². The van der Waals surface area contributed by atoms with Gasteiger partial charge in [-0.05, 0) is 61.7 Å². The van der Waals surface area contributed by atoms with Gasteiger partial charge in [0.15, 0.2) is 5.82 Å². The van der Waals surface area contributed by atoms with Crippen LogP contribution in [0.3, 0.4) is 0 Å². The number of aromatic nitrogens is 5. The summed E-state index contributed by atoms with van der Waals surface area (Å²) < 4.78 is 22.2. The van der Waals surface area contributed by atoms with Gasteiger partial charge in [-0.15, -0.1) is 10.2 Å². The first kappa shape index (κ1) is 23.0. The van der Waals surface area contributed by atoms with E-state index in [1.807, 2.05) is 31.2 Å². The number of rotatable bonds is 7. The highest BCUT2D eigenvalue weighted by Gasteiger charge is 2.37. The molecular formula is C28H25FN6O2. The lowest BCUT2D eigenvalue weighted by Gasteiger charge is -2.35. The van der Waals surface area contributed by atoms with E-state index < -0.39 is 0 Å². The summed E-state index contributed by atoms with van der Waals surface area (Å²) in [6, 6.07) is 14.0. The topological polar surface area (TPSA) is 94.8 Å². The zero-order valence-electron chi connectivity index (χ0n) is 20.3. The molecule has 9 heteroatoms. The smallest absolute Gasteiger partial charge is 0.247 e. The minimum atomic E-state index is -0.374. The van der Waals surface area contributed by atoms with Gasteiger partial charge in [-0.3, -0.25) is 14.3 Å². The number of amides is 1.